The number of hydrogen-bond acceptors (Lipinski definition) is 1. The fourth-order valence-electron chi connectivity index (χ4n) is 4.91. The Morgan fingerprint density at radius 3 is 1.97 bits per heavy atom. The SMILES string of the molecule is CCCCCCCc1ccc(CCc2ccc3c(F)c(CCc4ccc(C#N)c(F)c4)ccc3c2)cc1. The van der Waals surface area contributed by atoms with Crippen LogP contribution >= 0.6 is 0 Å². The van der Waals surface area contributed by atoms with Crippen LogP contribution in [-0.2, 0) is 32.1 Å². The predicted octanol–water partition coefficient (Wildman–Crippen LogP) is 9.07. The van der Waals surface area contributed by atoms with Gasteiger partial charge in [-0.05, 0) is 83.9 Å². The molecular weight excluding hydrogens is 460 g/mol. The van der Waals surface area contributed by atoms with E-state index in [4.69, 9.17) is 5.26 Å². The van der Waals surface area contributed by atoms with Crippen molar-refractivity contribution in [3.63, 3.8) is 0 Å². The lowest BCUT2D eigenvalue weighted by Crippen LogP contribution is -1.98. The summed E-state index contributed by atoms with van der Waals surface area (Å²) in [7, 11) is 0. The molecule has 4 aromatic carbocycles. The smallest absolute Gasteiger partial charge is 0.141 e. The van der Waals surface area contributed by atoms with Crippen molar-refractivity contribution >= 4 is 10.8 Å². The maximum absolute atomic E-state index is 15.2. The minimum Gasteiger partial charge on any atom is -0.206 e. The highest BCUT2D eigenvalue weighted by Gasteiger charge is 2.10. The van der Waals surface area contributed by atoms with E-state index < -0.39 is 5.82 Å². The maximum Gasteiger partial charge on any atom is 0.141 e. The Balaban J connectivity index is 1.33. The van der Waals surface area contributed by atoms with Crippen LogP contribution < -0.4 is 0 Å². The van der Waals surface area contributed by atoms with Gasteiger partial charge in [-0.2, -0.15) is 5.26 Å². The molecule has 0 spiro atoms. The van der Waals surface area contributed by atoms with Gasteiger partial charge in [-0.15, -0.1) is 0 Å². The van der Waals surface area contributed by atoms with E-state index in [1.807, 2.05) is 30.3 Å². The molecule has 4 rings (SSSR count). The van der Waals surface area contributed by atoms with Gasteiger partial charge in [0.25, 0.3) is 0 Å². The fourth-order valence-corrected chi connectivity index (χ4v) is 4.91. The number of unbranched alkanes of at least 4 members (excludes halogenated alkanes) is 4. The van der Waals surface area contributed by atoms with Gasteiger partial charge in [0.1, 0.15) is 17.7 Å². The molecule has 0 aliphatic rings. The van der Waals surface area contributed by atoms with Gasteiger partial charge in [0, 0.05) is 5.39 Å². The second kappa shape index (κ2) is 13.2. The summed E-state index contributed by atoms with van der Waals surface area (Å²) in [5.74, 6) is -0.733. The Hall–Kier alpha value is -3.51. The number of aryl methyl sites for hydroxylation is 5. The molecule has 0 aromatic heterocycles. The third kappa shape index (κ3) is 7.26. The number of rotatable bonds is 12. The molecule has 0 bridgehead atoms. The molecule has 0 heterocycles. The van der Waals surface area contributed by atoms with Crippen molar-refractivity contribution in [3.05, 3.63) is 118 Å². The van der Waals surface area contributed by atoms with Crippen LogP contribution in [0.25, 0.3) is 10.8 Å². The van der Waals surface area contributed by atoms with E-state index in [1.165, 1.54) is 60.9 Å². The third-order valence-electron chi connectivity index (χ3n) is 7.23. The lowest BCUT2D eigenvalue weighted by molar-refractivity contribution is 0.616. The van der Waals surface area contributed by atoms with Crippen LogP contribution in [0.5, 0.6) is 0 Å². The number of nitriles is 1. The topological polar surface area (TPSA) is 23.8 Å². The average molecular weight is 496 g/mol. The molecule has 1 nitrogen and oxygen atoms in total. The van der Waals surface area contributed by atoms with Crippen LogP contribution in [0, 0.1) is 23.0 Å². The lowest BCUT2D eigenvalue weighted by Gasteiger charge is -2.10. The predicted molar refractivity (Wildman–Crippen MR) is 149 cm³/mol. The van der Waals surface area contributed by atoms with Gasteiger partial charge >= 0.3 is 0 Å². The Bertz CT molecular complexity index is 1370. The van der Waals surface area contributed by atoms with Crippen molar-refractivity contribution < 1.29 is 8.78 Å². The first-order chi connectivity index (χ1) is 18.1. The zero-order chi connectivity index (χ0) is 26.0. The molecule has 0 aliphatic carbocycles. The zero-order valence-electron chi connectivity index (χ0n) is 21.7. The van der Waals surface area contributed by atoms with E-state index in [1.54, 1.807) is 6.07 Å². The van der Waals surface area contributed by atoms with Gasteiger partial charge in [-0.25, -0.2) is 8.78 Å². The fraction of sp³-hybridized carbons (Fsp3) is 0.324. The number of fused-ring (bicyclic) bond motifs is 1. The molecule has 0 saturated heterocycles. The molecule has 0 saturated carbocycles. The largest absolute Gasteiger partial charge is 0.206 e. The molecule has 3 heteroatoms. The minimum absolute atomic E-state index is 0.0293. The Labute approximate surface area is 219 Å². The van der Waals surface area contributed by atoms with E-state index in [9.17, 15) is 4.39 Å². The Morgan fingerprint density at radius 2 is 1.24 bits per heavy atom. The number of halogens is 2. The lowest BCUT2D eigenvalue weighted by atomic mass is 9.96. The van der Waals surface area contributed by atoms with Crippen LogP contribution in [-0.4, -0.2) is 0 Å². The van der Waals surface area contributed by atoms with Crippen LogP contribution in [0.1, 0.15) is 72.4 Å². The molecular formula is C34H35F2N. The summed E-state index contributed by atoms with van der Waals surface area (Å²) in [5.41, 5.74) is 5.35. The first-order valence-electron chi connectivity index (χ1n) is 13.5. The normalized spacial score (nSPS) is 11.1. The standard InChI is InChI=1S/C34H35F2N/c1-2-3-4-5-6-7-25-8-10-26(11-9-25)12-13-27-16-21-32-30(22-27)20-19-29(34(32)36)17-14-28-15-18-31(24-37)33(35)23-28/h8-11,15-16,18-23H,2-7,12-14,17H2,1H3. The van der Waals surface area contributed by atoms with Crippen molar-refractivity contribution in [2.75, 3.05) is 0 Å². The third-order valence-corrected chi connectivity index (χ3v) is 7.23. The molecule has 0 unspecified atom stereocenters. The summed E-state index contributed by atoms with van der Waals surface area (Å²) in [6, 6.07) is 25.2. The summed E-state index contributed by atoms with van der Waals surface area (Å²) in [5, 5.41) is 10.4. The van der Waals surface area contributed by atoms with Gasteiger partial charge in [-0.3, -0.25) is 0 Å². The molecule has 0 radical (unpaired) electrons. The van der Waals surface area contributed by atoms with Crippen molar-refractivity contribution in [2.45, 2.75) is 71.1 Å². The van der Waals surface area contributed by atoms with Gasteiger partial charge in [0.05, 0.1) is 5.56 Å². The Kier molecular flexibility index (Phi) is 9.44. The van der Waals surface area contributed by atoms with Gasteiger partial charge in [0.2, 0.25) is 0 Å². The number of nitrogens with zero attached hydrogens (tertiary/aromatic N) is 1. The monoisotopic (exact) mass is 495 g/mol. The Morgan fingerprint density at radius 1 is 0.622 bits per heavy atom. The molecule has 0 atom stereocenters. The van der Waals surface area contributed by atoms with E-state index in [0.717, 1.165) is 30.2 Å². The zero-order valence-corrected chi connectivity index (χ0v) is 21.7. The highest BCUT2D eigenvalue weighted by atomic mass is 19.1. The molecule has 37 heavy (non-hydrogen) atoms. The second-order valence-corrected chi connectivity index (χ2v) is 10.0. The molecule has 190 valence electrons. The van der Waals surface area contributed by atoms with Gasteiger partial charge in [0.15, 0.2) is 0 Å². The highest BCUT2D eigenvalue weighted by molar-refractivity contribution is 5.84. The first-order valence-corrected chi connectivity index (χ1v) is 13.5. The maximum atomic E-state index is 15.2. The highest BCUT2D eigenvalue weighted by Crippen LogP contribution is 2.25. The summed E-state index contributed by atoms with van der Waals surface area (Å²) < 4.78 is 29.1. The van der Waals surface area contributed by atoms with Crippen LogP contribution in [0.2, 0.25) is 0 Å². The van der Waals surface area contributed by atoms with E-state index >= 15 is 4.39 Å². The summed E-state index contributed by atoms with van der Waals surface area (Å²) in [6.45, 7) is 2.25. The van der Waals surface area contributed by atoms with E-state index in [0.29, 0.717) is 23.8 Å². The van der Waals surface area contributed by atoms with Gasteiger partial charge in [-0.1, -0.05) is 93.3 Å². The molecule has 0 N–H and O–H groups in total. The van der Waals surface area contributed by atoms with Crippen LogP contribution in [0.15, 0.2) is 72.8 Å². The van der Waals surface area contributed by atoms with Crippen molar-refractivity contribution in [2.24, 2.45) is 0 Å². The summed E-state index contributed by atoms with van der Waals surface area (Å²) in [4.78, 5) is 0. The quantitative estimate of drug-likeness (QED) is 0.180. The molecule has 0 amide bonds. The average Bonchev–Trinajstić information content (AvgIpc) is 2.92. The summed E-state index contributed by atoms with van der Waals surface area (Å²) in [6.07, 6.45) is 10.6. The van der Waals surface area contributed by atoms with Crippen molar-refractivity contribution in [3.8, 4) is 6.07 Å². The molecule has 0 fully saturated rings. The van der Waals surface area contributed by atoms with Crippen LogP contribution in [0.3, 0.4) is 0 Å². The van der Waals surface area contributed by atoms with Crippen molar-refractivity contribution in [1.29, 1.82) is 5.26 Å². The van der Waals surface area contributed by atoms with E-state index in [-0.39, 0.29) is 11.4 Å². The van der Waals surface area contributed by atoms with Crippen LogP contribution in [0.4, 0.5) is 8.78 Å². The summed E-state index contributed by atoms with van der Waals surface area (Å²) >= 11 is 0. The molecule has 4 aromatic rings. The van der Waals surface area contributed by atoms with Crippen molar-refractivity contribution in [1.82, 2.24) is 0 Å². The second-order valence-electron chi connectivity index (χ2n) is 10.0. The minimum atomic E-state index is -0.528. The van der Waals surface area contributed by atoms with Gasteiger partial charge < -0.3 is 0 Å². The molecule has 0 aliphatic heterocycles. The number of benzene rings is 4. The first kappa shape index (κ1) is 26.6. The number of hydrogen-bond donors (Lipinski definition) is 0. The van der Waals surface area contributed by atoms with E-state index in [2.05, 4.69) is 37.3 Å².